The van der Waals surface area contributed by atoms with E-state index in [-0.39, 0.29) is 0 Å². The average Bonchev–Trinajstić information content (AvgIpc) is 3.17. The fourth-order valence-corrected chi connectivity index (χ4v) is 4.00. The number of hydrogen-bond acceptors (Lipinski definition) is 3. The molecule has 1 fully saturated rings. The second-order valence-corrected chi connectivity index (χ2v) is 7.15. The van der Waals surface area contributed by atoms with Gasteiger partial charge in [0.15, 0.2) is 0 Å². The van der Waals surface area contributed by atoms with E-state index in [9.17, 15) is 0 Å². The predicted molar refractivity (Wildman–Crippen MR) is 88.3 cm³/mol. The van der Waals surface area contributed by atoms with E-state index in [1.165, 1.54) is 18.4 Å². The van der Waals surface area contributed by atoms with Crippen LogP contribution in [0.3, 0.4) is 0 Å². The quantitative estimate of drug-likeness (QED) is 0.704. The van der Waals surface area contributed by atoms with E-state index in [2.05, 4.69) is 49.3 Å². The Morgan fingerprint density at radius 2 is 1.85 bits per heavy atom. The molecule has 1 aliphatic rings. The van der Waals surface area contributed by atoms with Crippen molar-refractivity contribution in [1.29, 1.82) is 0 Å². The van der Waals surface area contributed by atoms with Crippen LogP contribution in [0, 0.1) is 5.41 Å². The van der Waals surface area contributed by atoms with Crippen molar-refractivity contribution in [2.45, 2.75) is 25.8 Å². The zero-order chi connectivity index (χ0) is 14.6. The molecule has 0 aromatic heterocycles. The maximum atomic E-state index is 5.32. The van der Waals surface area contributed by atoms with Gasteiger partial charge in [0.2, 0.25) is 0 Å². The van der Waals surface area contributed by atoms with Crippen LogP contribution < -0.4 is 10.1 Å². The third-order valence-electron chi connectivity index (χ3n) is 3.88. The maximum absolute atomic E-state index is 5.32. The van der Waals surface area contributed by atoms with Crippen LogP contribution >= 0.6 is 31.9 Å². The lowest BCUT2D eigenvalue weighted by Gasteiger charge is -2.16. The first kappa shape index (κ1) is 16.3. The molecule has 0 atom stereocenters. The highest BCUT2D eigenvalue weighted by molar-refractivity contribution is 9.11. The van der Waals surface area contributed by atoms with Gasteiger partial charge in [-0.05, 0) is 74.2 Å². The molecule has 0 unspecified atom stereocenters. The summed E-state index contributed by atoms with van der Waals surface area (Å²) in [4.78, 5) is 0. The summed E-state index contributed by atoms with van der Waals surface area (Å²) in [6.07, 6.45) is 3.80. The van der Waals surface area contributed by atoms with Crippen LogP contribution in [-0.4, -0.2) is 27.4 Å². The summed E-state index contributed by atoms with van der Waals surface area (Å²) in [5.41, 5.74) is 1.73. The van der Waals surface area contributed by atoms with E-state index in [4.69, 9.17) is 9.47 Å². The molecule has 1 N–H and O–H groups in total. The minimum Gasteiger partial charge on any atom is -0.494 e. The van der Waals surface area contributed by atoms with Gasteiger partial charge in [0.1, 0.15) is 5.75 Å². The molecule has 3 nitrogen and oxygen atoms in total. The number of nitrogens with one attached hydrogen (secondary N) is 1. The Balaban J connectivity index is 1.86. The van der Waals surface area contributed by atoms with E-state index < -0.39 is 0 Å². The van der Waals surface area contributed by atoms with Gasteiger partial charge in [-0.3, -0.25) is 0 Å². The second-order valence-electron chi connectivity index (χ2n) is 5.44. The molecule has 0 aliphatic heterocycles. The van der Waals surface area contributed by atoms with Crippen LogP contribution in [0.5, 0.6) is 5.75 Å². The topological polar surface area (TPSA) is 30.5 Å². The molecule has 1 aromatic rings. The zero-order valence-electron chi connectivity index (χ0n) is 12.0. The molecule has 20 heavy (non-hydrogen) atoms. The third-order valence-corrected chi connectivity index (χ3v) is 5.06. The van der Waals surface area contributed by atoms with Crippen molar-refractivity contribution < 1.29 is 9.47 Å². The SMILES string of the molecule is COCCC1(CNCc2cc(Br)c(OC)c(Br)c2)CC1. The first-order valence-corrected chi connectivity index (χ1v) is 8.40. The number of hydrogen-bond donors (Lipinski definition) is 1. The Morgan fingerprint density at radius 3 is 2.35 bits per heavy atom. The molecule has 1 aromatic carbocycles. The van der Waals surface area contributed by atoms with Gasteiger partial charge in [0.05, 0.1) is 16.1 Å². The maximum Gasteiger partial charge on any atom is 0.147 e. The third kappa shape index (κ3) is 4.20. The summed E-state index contributed by atoms with van der Waals surface area (Å²) < 4.78 is 12.5. The van der Waals surface area contributed by atoms with Gasteiger partial charge in [0.25, 0.3) is 0 Å². The summed E-state index contributed by atoms with van der Waals surface area (Å²) in [5.74, 6) is 0.840. The Hall–Kier alpha value is -0.100. The summed E-state index contributed by atoms with van der Waals surface area (Å²) in [5, 5.41) is 3.57. The van der Waals surface area contributed by atoms with E-state index in [0.717, 1.165) is 40.8 Å². The predicted octanol–water partition coefficient (Wildman–Crippen LogP) is 4.13. The van der Waals surface area contributed by atoms with Crippen LogP contribution in [0.2, 0.25) is 0 Å². The lowest BCUT2D eigenvalue weighted by Crippen LogP contribution is -2.24. The molecule has 0 spiro atoms. The lowest BCUT2D eigenvalue weighted by molar-refractivity contribution is 0.171. The van der Waals surface area contributed by atoms with E-state index in [1.807, 2.05) is 0 Å². The van der Waals surface area contributed by atoms with Crippen molar-refractivity contribution in [2.24, 2.45) is 5.41 Å². The van der Waals surface area contributed by atoms with Crippen molar-refractivity contribution in [3.05, 3.63) is 26.6 Å². The summed E-state index contributed by atoms with van der Waals surface area (Å²) in [6, 6.07) is 4.20. The van der Waals surface area contributed by atoms with Gasteiger partial charge >= 0.3 is 0 Å². The van der Waals surface area contributed by atoms with E-state index in [1.54, 1.807) is 14.2 Å². The van der Waals surface area contributed by atoms with Crippen molar-refractivity contribution in [3.63, 3.8) is 0 Å². The molecule has 0 heterocycles. The zero-order valence-corrected chi connectivity index (χ0v) is 15.1. The monoisotopic (exact) mass is 405 g/mol. The van der Waals surface area contributed by atoms with Crippen LogP contribution in [0.15, 0.2) is 21.1 Å². The van der Waals surface area contributed by atoms with Gasteiger partial charge in [0, 0.05) is 26.8 Å². The minimum atomic E-state index is 0.483. The summed E-state index contributed by atoms with van der Waals surface area (Å²) in [7, 11) is 3.45. The number of halogens is 2. The Kier molecular flexibility index (Phi) is 5.90. The highest BCUT2D eigenvalue weighted by atomic mass is 79.9. The molecule has 0 radical (unpaired) electrons. The average molecular weight is 407 g/mol. The molecule has 2 rings (SSSR count). The minimum absolute atomic E-state index is 0.483. The van der Waals surface area contributed by atoms with Gasteiger partial charge in [-0.25, -0.2) is 0 Å². The number of ether oxygens (including phenoxy) is 2. The fraction of sp³-hybridized carbons (Fsp3) is 0.600. The fourth-order valence-electron chi connectivity index (χ4n) is 2.39. The number of benzene rings is 1. The summed E-state index contributed by atoms with van der Waals surface area (Å²) in [6.45, 7) is 2.80. The van der Waals surface area contributed by atoms with E-state index >= 15 is 0 Å². The standard InChI is InChI=1S/C15H21Br2NO2/c1-19-6-5-15(3-4-15)10-18-9-11-7-12(16)14(20-2)13(17)8-11/h7-8,18H,3-6,9-10H2,1-2H3. The molecule has 112 valence electrons. The van der Waals surface area contributed by atoms with Crippen molar-refractivity contribution in [1.82, 2.24) is 5.32 Å². The first-order valence-electron chi connectivity index (χ1n) is 6.82. The van der Waals surface area contributed by atoms with Crippen molar-refractivity contribution in [3.8, 4) is 5.75 Å². The van der Waals surface area contributed by atoms with Gasteiger partial charge in [-0.2, -0.15) is 0 Å². The van der Waals surface area contributed by atoms with Crippen LogP contribution in [0.4, 0.5) is 0 Å². The van der Waals surface area contributed by atoms with Gasteiger partial charge in [-0.15, -0.1) is 0 Å². The van der Waals surface area contributed by atoms with Crippen molar-refractivity contribution in [2.75, 3.05) is 27.4 Å². The molecule has 0 amide bonds. The van der Waals surface area contributed by atoms with E-state index in [0.29, 0.717) is 5.41 Å². The van der Waals surface area contributed by atoms with Crippen LogP contribution in [0.1, 0.15) is 24.8 Å². The van der Waals surface area contributed by atoms with Crippen LogP contribution in [-0.2, 0) is 11.3 Å². The molecule has 0 bridgehead atoms. The highest BCUT2D eigenvalue weighted by Gasteiger charge is 2.41. The largest absolute Gasteiger partial charge is 0.494 e. The highest BCUT2D eigenvalue weighted by Crippen LogP contribution is 2.48. The first-order chi connectivity index (χ1) is 9.60. The molecule has 5 heteroatoms. The molecule has 0 saturated heterocycles. The van der Waals surface area contributed by atoms with Gasteiger partial charge in [-0.1, -0.05) is 0 Å². The normalized spacial score (nSPS) is 16.2. The number of methoxy groups -OCH3 is 2. The molecular weight excluding hydrogens is 386 g/mol. The Morgan fingerprint density at radius 1 is 1.20 bits per heavy atom. The molecule has 1 aliphatic carbocycles. The lowest BCUT2D eigenvalue weighted by atomic mass is 10.0. The molecular formula is C15H21Br2NO2. The van der Waals surface area contributed by atoms with Crippen molar-refractivity contribution >= 4 is 31.9 Å². The second kappa shape index (κ2) is 7.25. The Labute approximate surface area is 137 Å². The number of rotatable bonds is 8. The smallest absolute Gasteiger partial charge is 0.147 e. The van der Waals surface area contributed by atoms with Gasteiger partial charge < -0.3 is 14.8 Å². The summed E-state index contributed by atoms with van der Waals surface area (Å²) >= 11 is 7.07. The molecule has 1 saturated carbocycles. The van der Waals surface area contributed by atoms with Crippen LogP contribution in [0.25, 0.3) is 0 Å². The Bertz CT molecular complexity index is 438.